The molecule has 0 aliphatic carbocycles. The van der Waals surface area contributed by atoms with Gasteiger partial charge in [-0.3, -0.25) is 4.79 Å². The monoisotopic (exact) mass is 228 g/mol. The van der Waals surface area contributed by atoms with Gasteiger partial charge >= 0.3 is 5.97 Å². The second-order valence-electron chi connectivity index (χ2n) is 2.66. The highest BCUT2D eigenvalue weighted by molar-refractivity contribution is 6.30. The van der Waals surface area contributed by atoms with E-state index in [4.69, 9.17) is 16.7 Å². The number of hydrogen-bond acceptors (Lipinski definition) is 2. The summed E-state index contributed by atoms with van der Waals surface area (Å²) < 4.78 is 12.9. The Labute approximate surface area is 90.1 Å². The maximum Gasteiger partial charge on any atom is 0.315 e. The number of aliphatic carboxylic acids is 1. The maximum absolute atomic E-state index is 12.9. The molecule has 1 aromatic carbocycles. The van der Waals surface area contributed by atoms with Crippen LogP contribution in [0.2, 0.25) is 5.02 Å². The van der Waals surface area contributed by atoms with Gasteiger partial charge < -0.3 is 10.2 Å². The van der Waals surface area contributed by atoms with Crippen LogP contribution in [0.25, 0.3) is 0 Å². The van der Waals surface area contributed by atoms with E-state index in [-0.39, 0.29) is 17.0 Å². The van der Waals surface area contributed by atoms with E-state index in [9.17, 15) is 14.3 Å². The summed E-state index contributed by atoms with van der Waals surface area (Å²) in [5.41, 5.74) is -0.0266. The summed E-state index contributed by atoms with van der Waals surface area (Å²) in [6, 6.07) is 2.20. The molecular formula is C10H6ClFO3. The van der Waals surface area contributed by atoms with E-state index in [0.29, 0.717) is 0 Å². The molecule has 0 amide bonds. The molecule has 0 aliphatic rings. The molecule has 0 atom stereocenters. The quantitative estimate of drug-likeness (QED) is 0.723. The summed E-state index contributed by atoms with van der Waals surface area (Å²) >= 11 is 5.53. The fraction of sp³-hybridized carbons (Fsp3) is 0.100. The first-order chi connectivity index (χ1) is 7.00. The lowest BCUT2D eigenvalue weighted by atomic mass is 10.2. The first-order valence-electron chi connectivity index (χ1n) is 3.89. The fourth-order valence-corrected chi connectivity index (χ4v) is 1.08. The van der Waals surface area contributed by atoms with Crippen molar-refractivity contribution in [2.24, 2.45) is 0 Å². The van der Waals surface area contributed by atoms with Crippen molar-refractivity contribution in [2.45, 2.75) is 6.42 Å². The molecule has 2 N–H and O–H groups in total. The highest BCUT2D eigenvalue weighted by atomic mass is 35.5. The van der Waals surface area contributed by atoms with Crippen LogP contribution in [-0.2, 0) is 4.79 Å². The summed E-state index contributed by atoms with van der Waals surface area (Å²) in [5, 5.41) is 17.6. The topological polar surface area (TPSA) is 57.5 Å². The Morgan fingerprint density at radius 2 is 2.20 bits per heavy atom. The van der Waals surface area contributed by atoms with Crippen LogP contribution in [0.5, 0.6) is 5.75 Å². The Kier molecular flexibility index (Phi) is 3.53. The second kappa shape index (κ2) is 4.67. The van der Waals surface area contributed by atoms with Crippen molar-refractivity contribution in [1.82, 2.24) is 0 Å². The van der Waals surface area contributed by atoms with E-state index >= 15 is 0 Å². The Balaban J connectivity index is 3.02. The molecular weight excluding hydrogens is 223 g/mol. The average Bonchev–Trinajstić information content (AvgIpc) is 2.12. The molecule has 0 unspecified atom stereocenters. The van der Waals surface area contributed by atoms with Gasteiger partial charge in [-0.25, -0.2) is 4.39 Å². The van der Waals surface area contributed by atoms with Crippen molar-refractivity contribution in [3.05, 3.63) is 28.5 Å². The van der Waals surface area contributed by atoms with Crippen LogP contribution < -0.4 is 0 Å². The molecule has 78 valence electrons. The van der Waals surface area contributed by atoms with E-state index in [1.807, 2.05) is 0 Å². The van der Waals surface area contributed by atoms with Gasteiger partial charge in [0.1, 0.15) is 6.42 Å². The smallest absolute Gasteiger partial charge is 0.315 e. The summed E-state index contributed by atoms with van der Waals surface area (Å²) in [5.74, 6) is 1.97. The van der Waals surface area contributed by atoms with Crippen LogP contribution in [0.4, 0.5) is 4.39 Å². The van der Waals surface area contributed by atoms with Gasteiger partial charge in [-0.2, -0.15) is 0 Å². The van der Waals surface area contributed by atoms with Gasteiger partial charge in [-0.15, -0.1) is 0 Å². The van der Waals surface area contributed by atoms with Crippen LogP contribution in [0.15, 0.2) is 12.1 Å². The number of carboxylic acid groups (broad SMARTS) is 1. The number of phenols is 1. The second-order valence-corrected chi connectivity index (χ2v) is 3.09. The van der Waals surface area contributed by atoms with Crippen LogP contribution in [0.3, 0.4) is 0 Å². The van der Waals surface area contributed by atoms with E-state index in [0.717, 1.165) is 6.07 Å². The van der Waals surface area contributed by atoms with Gasteiger partial charge in [-0.1, -0.05) is 23.4 Å². The van der Waals surface area contributed by atoms with Crippen LogP contribution in [-0.4, -0.2) is 16.2 Å². The summed E-state index contributed by atoms with van der Waals surface area (Å²) in [4.78, 5) is 10.1. The van der Waals surface area contributed by atoms with E-state index in [1.165, 1.54) is 6.07 Å². The molecule has 0 saturated carbocycles. The van der Waals surface area contributed by atoms with Crippen molar-refractivity contribution in [3.8, 4) is 17.6 Å². The molecule has 0 radical (unpaired) electrons. The minimum Gasteiger partial charge on any atom is -0.504 e. The number of carbonyl (C=O) groups is 1. The van der Waals surface area contributed by atoms with Crippen LogP contribution in [0, 0.1) is 17.7 Å². The van der Waals surface area contributed by atoms with Gasteiger partial charge in [-0.05, 0) is 12.1 Å². The zero-order valence-corrected chi connectivity index (χ0v) is 8.18. The largest absolute Gasteiger partial charge is 0.504 e. The molecule has 3 nitrogen and oxygen atoms in total. The molecule has 1 aromatic rings. The van der Waals surface area contributed by atoms with Crippen molar-refractivity contribution < 1.29 is 19.4 Å². The lowest BCUT2D eigenvalue weighted by molar-refractivity contribution is -0.135. The van der Waals surface area contributed by atoms with Crippen molar-refractivity contribution in [3.63, 3.8) is 0 Å². The highest BCUT2D eigenvalue weighted by Gasteiger charge is 2.06. The first kappa shape index (κ1) is 11.3. The van der Waals surface area contributed by atoms with Crippen molar-refractivity contribution >= 4 is 17.6 Å². The van der Waals surface area contributed by atoms with Gasteiger partial charge in [0.15, 0.2) is 11.6 Å². The summed E-state index contributed by atoms with van der Waals surface area (Å²) in [6.07, 6.45) is -0.381. The minimum absolute atomic E-state index is 0.0266. The SMILES string of the molecule is O=C(O)CC#Cc1cc(Cl)cc(F)c1O. The molecule has 15 heavy (non-hydrogen) atoms. The number of aromatic hydroxyl groups is 1. The van der Waals surface area contributed by atoms with Crippen molar-refractivity contribution in [2.75, 3.05) is 0 Å². The maximum atomic E-state index is 12.9. The normalized spacial score (nSPS) is 9.20. The third-order valence-corrected chi connectivity index (χ3v) is 1.71. The van der Waals surface area contributed by atoms with Gasteiger partial charge in [0.2, 0.25) is 0 Å². The highest BCUT2D eigenvalue weighted by Crippen LogP contribution is 2.24. The minimum atomic E-state index is -1.09. The number of rotatable bonds is 1. The molecule has 0 bridgehead atoms. The number of halogens is 2. The number of benzene rings is 1. The molecule has 0 aliphatic heterocycles. The Hall–Kier alpha value is -1.73. The summed E-state index contributed by atoms with van der Waals surface area (Å²) in [7, 11) is 0. The van der Waals surface area contributed by atoms with E-state index in [2.05, 4.69) is 11.8 Å². The molecule has 1 rings (SSSR count). The fourth-order valence-electron chi connectivity index (χ4n) is 0.876. The van der Waals surface area contributed by atoms with Crippen LogP contribution in [0.1, 0.15) is 12.0 Å². The number of carboxylic acids is 1. The molecule has 0 saturated heterocycles. The first-order valence-corrected chi connectivity index (χ1v) is 4.27. The summed E-state index contributed by atoms with van der Waals surface area (Å²) in [6.45, 7) is 0. The van der Waals surface area contributed by atoms with Gasteiger partial charge in [0, 0.05) is 5.02 Å². The Morgan fingerprint density at radius 3 is 2.80 bits per heavy atom. The lowest BCUT2D eigenvalue weighted by Crippen LogP contribution is -1.90. The van der Waals surface area contributed by atoms with Crippen molar-refractivity contribution in [1.29, 1.82) is 0 Å². The molecule has 5 heteroatoms. The van der Waals surface area contributed by atoms with E-state index in [1.54, 1.807) is 0 Å². The Bertz CT molecular complexity index is 460. The average molecular weight is 229 g/mol. The van der Waals surface area contributed by atoms with Gasteiger partial charge in [0.05, 0.1) is 5.56 Å². The van der Waals surface area contributed by atoms with Crippen LogP contribution >= 0.6 is 11.6 Å². The molecule has 0 aromatic heterocycles. The number of phenolic OH excluding ortho intramolecular Hbond substituents is 1. The molecule has 0 heterocycles. The predicted molar refractivity (Wildman–Crippen MR) is 52.2 cm³/mol. The Morgan fingerprint density at radius 1 is 1.53 bits per heavy atom. The zero-order chi connectivity index (χ0) is 11.4. The predicted octanol–water partition coefficient (Wildman–Crippen LogP) is 2.01. The lowest BCUT2D eigenvalue weighted by Gasteiger charge is -1.99. The van der Waals surface area contributed by atoms with E-state index < -0.39 is 17.5 Å². The standard InChI is InChI=1S/C10H6ClFO3/c11-7-4-6(2-1-3-9(13)14)10(15)8(12)5-7/h4-5,15H,3H2,(H,13,14). The number of hydrogen-bond donors (Lipinski definition) is 2. The van der Waals surface area contributed by atoms with Gasteiger partial charge in [0.25, 0.3) is 0 Å². The third kappa shape index (κ3) is 3.15. The molecule has 0 fully saturated rings. The molecule has 0 spiro atoms. The zero-order valence-electron chi connectivity index (χ0n) is 7.42. The third-order valence-electron chi connectivity index (χ3n) is 1.49.